The van der Waals surface area contributed by atoms with Crippen molar-refractivity contribution in [2.24, 2.45) is 0 Å². The van der Waals surface area contributed by atoms with Crippen molar-refractivity contribution in [3.8, 4) is 5.69 Å². The van der Waals surface area contributed by atoms with Crippen LogP contribution in [0.3, 0.4) is 0 Å². The van der Waals surface area contributed by atoms with Crippen molar-refractivity contribution in [1.29, 1.82) is 0 Å². The third-order valence-corrected chi connectivity index (χ3v) is 2.76. The van der Waals surface area contributed by atoms with Gasteiger partial charge in [-0.3, -0.25) is 10.1 Å². The van der Waals surface area contributed by atoms with Crippen LogP contribution >= 0.6 is 15.9 Å². The van der Waals surface area contributed by atoms with Crippen molar-refractivity contribution in [2.75, 3.05) is 5.73 Å². The maximum absolute atomic E-state index is 11.0. The van der Waals surface area contributed by atoms with Crippen molar-refractivity contribution in [1.82, 2.24) is 9.78 Å². The number of nitro benzene ring substituents is 1. The van der Waals surface area contributed by atoms with Gasteiger partial charge in [0.2, 0.25) is 0 Å². The number of anilines is 1. The predicted molar refractivity (Wildman–Crippen MR) is 67.1 cm³/mol. The molecule has 88 valence electrons. The fraction of sp³-hybridized carbons (Fsp3) is 0.100. The molecule has 0 unspecified atom stereocenters. The number of nitro groups is 1. The number of aryl methyl sites for hydroxylation is 1. The van der Waals surface area contributed by atoms with E-state index in [1.165, 1.54) is 10.7 Å². The molecule has 0 radical (unpaired) electrons. The SMILES string of the molecule is Cc1cc(N)nn1-c1ccc(Br)cc1[N+](=O)[O-]. The number of aromatic nitrogens is 2. The zero-order chi connectivity index (χ0) is 12.6. The highest BCUT2D eigenvalue weighted by atomic mass is 79.9. The van der Waals surface area contributed by atoms with E-state index in [4.69, 9.17) is 5.73 Å². The number of nitrogen functional groups attached to an aromatic ring is 1. The van der Waals surface area contributed by atoms with Crippen LogP contribution in [0.4, 0.5) is 11.5 Å². The normalized spacial score (nSPS) is 10.5. The van der Waals surface area contributed by atoms with Crippen molar-refractivity contribution in [2.45, 2.75) is 6.92 Å². The molecule has 2 rings (SSSR count). The van der Waals surface area contributed by atoms with Gasteiger partial charge in [0, 0.05) is 22.3 Å². The van der Waals surface area contributed by atoms with Gasteiger partial charge in [0.05, 0.1) is 4.92 Å². The Bertz CT molecular complexity index is 594. The Kier molecular flexibility index (Phi) is 2.84. The zero-order valence-electron chi connectivity index (χ0n) is 8.92. The second-order valence-electron chi connectivity index (χ2n) is 3.51. The molecule has 1 aromatic heterocycles. The van der Waals surface area contributed by atoms with Crippen LogP contribution in [0.15, 0.2) is 28.7 Å². The fourth-order valence-electron chi connectivity index (χ4n) is 1.56. The first-order valence-corrected chi connectivity index (χ1v) is 5.55. The number of hydrogen-bond donors (Lipinski definition) is 1. The maximum atomic E-state index is 11.0. The van der Waals surface area contributed by atoms with E-state index in [0.717, 1.165) is 5.69 Å². The highest BCUT2D eigenvalue weighted by molar-refractivity contribution is 9.10. The summed E-state index contributed by atoms with van der Waals surface area (Å²) in [4.78, 5) is 10.5. The summed E-state index contributed by atoms with van der Waals surface area (Å²) in [6, 6.07) is 6.44. The molecule has 0 saturated heterocycles. The Morgan fingerprint density at radius 3 is 2.71 bits per heavy atom. The van der Waals surface area contributed by atoms with Crippen LogP contribution in [-0.4, -0.2) is 14.7 Å². The van der Waals surface area contributed by atoms with Gasteiger partial charge >= 0.3 is 0 Å². The minimum Gasteiger partial charge on any atom is -0.382 e. The average Bonchev–Trinajstić information content (AvgIpc) is 2.57. The lowest BCUT2D eigenvalue weighted by Gasteiger charge is -2.05. The predicted octanol–water partition coefficient (Wildman–Crippen LogP) is 2.43. The van der Waals surface area contributed by atoms with Gasteiger partial charge in [0.25, 0.3) is 5.69 Å². The molecule has 0 bridgehead atoms. The minimum absolute atomic E-state index is 0.0226. The number of rotatable bonds is 2. The van der Waals surface area contributed by atoms with Crippen LogP contribution in [0.5, 0.6) is 0 Å². The average molecular weight is 297 g/mol. The van der Waals surface area contributed by atoms with E-state index in [1.807, 2.05) is 0 Å². The van der Waals surface area contributed by atoms with Gasteiger partial charge in [-0.25, -0.2) is 4.68 Å². The lowest BCUT2D eigenvalue weighted by atomic mass is 10.2. The molecule has 0 aliphatic carbocycles. The molecule has 6 nitrogen and oxygen atoms in total. The van der Waals surface area contributed by atoms with E-state index in [2.05, 4.69) is 21.0 Å². The van der Waals surface area contributed by atoms with E-state index in [0.29, 0.717) is 16.0 Å². The van der Waals surface area contributed by atoms with Crippen LogP contribution in [0.1, 0.15) is 5.69 Å². The summed E-state index contributed by atoms with van der Waals surface area (Å²) >= 11 is 3.20. The van der Waals surface area contributed by atoms with Crippen LogP contribution in [0.2, 0.25) is 0 Å². The second kappa shape index (κ2) is 4.17. The first kappa shape index (κ1) is 11.6. The monoisotopic (exact) mass is 296 g/mol. The summed E-state index contributed by atoms with van der Waals surface area (Å²) < 4.78 is 2.10. The third-order valence-electron chi connectivity index (χ3n) is 2.27. The largest absolute Gasteiger partial charge is 0.382 e. The van der Waals surface area contributed by atoms with Crippen LogP contribution in [-0.2, 0) is 0 Å². The molecule has 0 spiro atoms. The Morgan fingerprint density at radius 1 is 1.47 bits per heavy atom. The molecule has 0 aliphatic rings. The lowest BCUT2D eigenvalue weighted by Crippen LogP contribution is -2.03. The summed E-state index contributed by atoms with van der Waals surface area (Å²) in [6.45, 7) is 1.79. The molecule has 0 atom stereocenters. The summed E-state index contributed by atoms with van der Waals surface area (Å²) in [7, 11) is 0. The van der Waals surface area contributed by atoms with Crippen molar-refractivity contribution >= 4 is 27.4 Å². The number of halogens is 1. The molecule has 2 N–H and O–H groups in total. The second-order valence-corrected chi connectivity index (χ2v) is 4.43. The first-order valence-electron chi connectivity index (χ1n) is 4.75. The third kappa shape index (κ3) is 2.14. The van der Waals surface area contributed by atoms with Crippen molar-refractivity contribution < 1.29 is 4.92 Å². The molecule has 2 aromatic rings. The molecule has 0 fully saturated rings. The number of nitrogens with two attached hydrogens (primary N) is 1. The summed E-state index contributed by atoms with van der Waals surface area (Å²) in [5.74, 6) is 0.333. The molecule has 0 aliphatic heterocycles. The minimum atomic E-state index is -0.447. The van der Waals surface area contributed by atoms with Gasteiger partial charge in [-0.05, 0) is 19.1 Å². The van der Waals surface area contributed by atoms with Gasteiger partial charge < -0.3 is 5.73 Å². The lowest BCUT2D eigenvalue weighted by molar-refractivity contribution is -0.384. The molecular weight excluding hydrogens is 288 g/mol. The Labute approximate surface area is 105 Å². The molecule has 1 aromatic carbocycles. The number of benzene rings is 1. The van der Waals surface area contributed by atoms with Crippen molar-refractivity contribution in [3.63, 3.8) is 0 Å². The summed E-state index contributed by atoms with van der Waals surface area (Å²) in [5, 5.41) is 15.0. The van der Waals surface area contributed by atoms with E-state index < -0.39 is 4.92 Å². The quantitative estimate of drug-likeness (QED) is 0.681. The van der Waals surface area contributed by atoms with Crippen LogP contribution in [0, 0.1) is 17.0 Å². The van der Waals surface area contributed by atoms with E-state index in [9.17, 15) is 10.1 Å². The van der Waals surface area contributed by atoms with Crippen LogP contribution < -0.4 is 5.73 Å². The summed E-state index contributed by atoms with van der Waals surface area (Å²) in [6.07, 6.45) is 0. The molecule has 7 heteroatoms. The molecule has 0 amide bonds. The highest BCUT2D eigenvalue weighted by Gasteiger charge is 2.18. The molecule has 17 heavy (non-hydrogen) atoms. The zero-order valence-corrected chi connectivity index (χ0v) is 10.5. The highest BCUT2D eigenvalue weighted by Crippen LogP contribution is 2.27. The Morgan fingerprint density at radius 2 is 2.18 bits per heavy atom. The Balaban J connectivity index is 2.67. The molecular formula is C10H9BrN4O2. The number of hydrogen-bond acceptors (Lipinski definition) is 4. The summed E-state index contributed by atoms with van der Waals surface area (Å²) in [5.41, 5.74) is 6.68. The van der Waals surface area contributed by atoms with Crippen LogP contribution in [0.25, 0.3) is 5.69 Å². The van der Waals surface area contributed by atoms with Crippen molar-refractivity contribution in [3.05, 3.63) is 44.5 Å². The van der Waals surface area contributed by atoms with Gasteiger partial charge in [0.1, 0.15) is 11.5 Å². The standard InChI is InChI=1S/C10H9BrN4O2/c1-6-4-10(12)13-14(6)8-3-2-7(11)5-9(8)15(16)17/h2-5H,1H3,(H2,12,13). The van der Waals surface area contributed by atoms with Gasteiger partial charge in [-0.1, -0.05) is 15.9 Å². The van der Waals surface area contributed by atoms with E-state index in [1.54, 1.807) is 25.1 Å². The van der Waals surface area contributed by atoms with Gasteiger partial charge in [0.15, 0.2) is 0 Å². The fourth-order valence-corrected chi connectivity index (χ4v) is 1.91. The smallest absolute Gasteiger partial charge is 0.296 e. The Hall–Kier alpha value is -1.89. The van der Waals surface area contributed by atoms with Gasteiger partial charge in [-0.2, -0.15) is 5.10 Å². The number of nitrogens with zero attached hydrogens (tertiary/aromatic N) is 3. The van der Waals surface area contributed by atoms with E-state index in [-0.39, 0.29) is 5.69 Å². The van der Waals surface area contributed by atoms with E-state index >= 15 is 0 Å². The maximum Gasteiger partial charge on any atom is 0.296 e. The first-order chi connectivity index (χ1) is 7.99. The topological polar surface area (TPSA) is 87.0 Å². The molecule has 1 heterocycles. The van der Waals surface area contributed by atoms with Gasteiger partial charge in [-0.15, -0.1) is 0 Å². The molecule has 0 saturated carbocycles.